The van der Waals surface area contributed by atoms with Crippen LogP contribution in [-0.4, -0.2) is 41.1 Å². The summed E-state index contributed by atoms with van der Waals surface area (Å²) in [5.41, 5.74) is 0. The van der Waals surface area contributed by atoms with Gasteiger partial charge in [0.05, 0.1) is 0 Å². The molecule has 1 saturated heterocycles. The highest BCUT2D eigenvalue weighted by Gasteiger charge is 2.33. The zero-order valence-electron chi connectivity index (χ0n) is 11.0. The zero-order valence-corrected chi connectivity index (χ0v) is 11.0. The number of likely N-dealkylation sites (tertiary alicyclic amines) is 1. The predicted octanol–water partition coefficient (Wildman–Crippen LogP) is 1.29. The number of carbonyl (C=O) groups excluding carboxylic acids is 1. The number of carbonyl (C=O) groups is 2. The maximum absolute atomic E-state index is 12.1. The van der Waals surface area contributed by atoms with Crippen LogP contribution in [0.2, 0.25) is 0 Å². The molecule has 2 rings (SSSR count). The number of hydrogen-bond acceptors (Lipinski definition) is 2. The smallest absolute Gasteiger partial charge is 0.327 e. The number of aliphatic carboxylic acids is 1. The van der Waals surface area contributed by atoms with Crippen molar-refractivity contribution < 1.29 is 14.7 Å². The number of fused-ring (bicyclic) bond motifs is 2. The van der Waals surface area contributed by atoms with Crippen LogP contribution in [-0.2, 0) is 4.79 Å². The second-order valence-electron chi connectivity index (χ2n) is 5.55. The van der Waals surface area contributed by atoms with Crippen molar-refractivity contribution in [2.24, 2.45) is 11.8 Å². The lowest BCUT2D eigenvalue weighted by Crippen LogP contribution is -2.53. The second kappa shape index (κ2) is 5.96. The third-order valence-corrected chi connectivity index (χ3v) is 4.05. The van der Waals surface area contributed by atoms with E-state index >= 15 is 0 Å². The number of piperidine rings is 1. The standard InChI is InChI=1S/C14H20N2O3/c1-2-4-12(13(17)18)15-14(19)16-8-10-5-3-6-11(7-10)9-16/h1,10-12H,3-9H2,(H,15,19)(H,17,18). The number of nitrogens with zero attached hydrogens (tertiary/aromatic N) is 1. The van der Waals surface area contributed by atoms with E-state index in [9.17, 15) is 9.59 Å². The number of amides is 2. The minimum Gasteiger partial charge on any atom is -0.480 e. The molecule has 104 valence electrons. The molecule has 5 nitrogen and oxygen atoms in total. The van der Waals surface area contributed by atoms with Gasteiger partial charge >= 0.3 is 12.0 Å². The molecule has 2 N–H and O–H groups in total. The quantitative estimate of drug-likeness (QED) is 0.755. The molecule has 3 unspecified atom stereocenters. The third kappa shape index (κ3) is 3.40. The van der Waals surface area contributed by atoms with Gasteiger partial charge in [-0.05, 0) is 31.1 Å². The maximum Gasteiger partial charge on any atom is 0.327 e. The predicted molar refractivity (Wildman–Crippen MR) is 70.4 cm³/mol. The molecule has 3 atom stereocenters. The molecule has 0 aromatic rings. The van der Waals surface area contributed by atoms with E-state index < -0.39 is 12.0 Å². The molecule has 19 heavy (non-hydrogen) atoms. The SMILES string of the molecule is C#CCC(NC(=O)N1CC2CCCC(C2)C1)C(=O)O. The molecular formula is C14H20N2O3. The normalized spacial score (nSPS) is 27.2. The number of hydrogen-bond donors (Lipinski definition) is 2. The van der Waals surface area contributed by atoms with Crippen LogP contribution in [0.4, 0.5) is 4.79 Å². The summed E-state index contributed by atoms with van der Waals surface area (Å²) in [5, 5.41) is 11.5. The van der Waals surface area contributed by atoms with E-state index in [0.717, 1.165) is 13.1 Å². The molecule has 1 aliphatic carbocycles. The summed E-state index contributed by atoms with van der Waals surface area (Å²) < 4.78 is 0. The van der Waals surface area contributed by atoms with E-state index in [4.69, 9.17) is 11.5 Å². The Bertz CT molecular complexity index is 390. The van der Waals surface area contributed by atoms with Crippen LogP contribution in [0.5, 0.6) is 0 Å². The molecule has 2 aliphatic rings. The van der Waals surface area contributed by atoms with Gasteiger partial charge in [0.2, 0.25) is 0 Å². The van der Waals surface area contributed by atoms with E-state index in [1.807, 2.05) is 0 Å². The minimum atomic E-state index is -1.08. The first kappa shape index (κ1) is 13.7. The number of nitrogens with one attached hydrogen (secondary N) is 1. The van der Waals surface area contributed by atoms with Gasteiger partial charge in [-0.2, -0.15) is 0 Å². The molecule has 0 aromatic carbocycles. The van der Waals surface area contributed by atoms with Crippen LogP contribution in [0.3, 0.4) is 0 Å². The van der Waals surface area contributed by atoms with Crippen LogP contribution >= 0.6 is 0 Å². The number of rotatable bonds is 3. The fraction of sp³-hybridized carbons (Fsp3) is 0.714. The fourth-order valence-corrected chi connectivity index (χ4v) is 3.16. The highest BCUT2D eigenvalue weighted by molar-refractivity contribution is 5.82. The molecule has 0 spiro atoms. The molecule has 1 heterocycles. The molecule has 0 radical (unpaired) electrons. The number of carboxylic acid groups (broad SMARTS) is 1. The van der Waals surface area contributed by atoms with Crippen molar-refractivity contribution in [1.29, 1.82) is 0 Å². The Balaban J connectivity index is 1.92. The van der Waals surface area contributed by atoms with Gasteiger partial charge in [0, 0.05) is 19.5 Å². The molecule has 5 heteroatoms. The summed E-state index contributed by atoms with van der Waals surface area (Å²) in [6.45, 7) is 1.48. The van der Waals surface area contributed by atoms with Gasteiger partial charge in [-0.15, -0.1) is 12.3 Å². The van der Waals surface area contributed by atoms with E-state index in [1.54, 1.807) is 4.90 Å². The van der Waals surface area contributed by atoms with Gasteiger partial charge in [0.1, 0.15) is 6.04 Å². The van der Waals surface area contributed by atoms with Crippen molar-refractivity contribution in [2.45, 2.75) is 38.1 Å². The molecule has 2 amide bonds. The third-order valence-electron chi connectivity index (χ3n) is 4.05. The zero-order chi connectivity index (χ0) is 13.8. The monoisotopic (exact) mass is 264 g/mol. The lowest BCUT2D eigenvalue weighted by molar-refractivity contribution is -0.139. The molecule has 1 saturated carbocycles. The van der Waals surface area contributed by atoms with Crippen molar-refractivity contribution in [3.63, 3.8) is 0 Å². The Morgan fingerprint density at radius 2 is 2.00 bits per heavy atom. The molecule has 2 fully saturated rings. The van der Waals surface area contributed by atoms with Gasteiger partial charge in [-0.25, -0.2) is 9.59 Å². The number of terminal acetylenes is 1. The number of carboxylic acids is 1. The lowest BCUT2D eigenvalue weighted by Gasteiger charge is -2.41. The molecule has 2 bridgehead atoms. The van der Waals surface area contributed by atoms with Crippen molar-refractivity contribution in [3.05, 3.63) is 0 Å². The Morgan fingerprint density at radius 3 is 2.53 bits per heavy atom. The molecule has 1 aliphatic heterocycles. The second-order valence-corrected chi connectivity index (χ2v) is 5.55. The topological polar surface area (TPSA) is 69.6 Å². The highest BCUT2D eigenvalue weighted by Crippen LogP contribution is 2.34. The number of urea groups is 1. The van der Waals surface area contributed by atoms with Gasteiger partial charge in [0.25, 0.3) is 0 Å². The summed E-state index contributed by atoms with van der Waals surface area (Å²) in [6, 6.07) is -1.28. The van der Waals surface area contributed by atoms with E-state index in [2.05, 4.69) is 11.2 Å². The Labute approximate surface area is 113 Å². The summed E-state index contributed by atoms with van der Waals surface area (Å²) in [5.74, 6) is 2.36. The average molecular weight is 264 g/mol. The summed E-state index contributed by atoms with van der Waals surface area (Å²) in [6.07, 6.45) is 9.94. The minimum absolute atomic E-state index is 0.0156. The maximum atomic E-state index is 12.1. The van der Waals surface area contributed by atoms with Crippen LogP contribution in [0.15, 0.2) is 0 Å². The Kier molecular flexibility index (Phi) is 4.31. The van der Waals surface area contributed by atoms with E-state index in [0.29, 0.717) is 11.8 Å². The first-order chi connectivity index (χ1) is 9.10. The summed E-state index contributed by atoms with van der Waals surface area (Å²) in [7, 11) is 0. The van der Waals surface area contributed by atoms with Crippen molar-refractivity contribution in [2.75, 3.05) is 13.1 Å². The van der Waals surface area contributed by atoms with E-state index in [1.165, 1.54) is 25.7 Å². The Hall–Kier alpha value is -1.70. The van der Waals surface area contributed by atoms with Gasteiger partial charge < -0.3 is 15.3 Å². The lowest BCUT2D eigenvalue weighted by atomic mass is 9.78. The van der Waals surface area contributed by atoms with Gasteiger partial charge in [-0.1, -0.05) is 6.42 Å². The largest absolute Gasteiger partial charge is 0.480 e. The van der Waals surface area contributed by atoms with Crippen molar-refractivity contribution in [3.8, 4) is 12.3 Å². The summed E-state index contributed by atoms with van der Waals surface area (Å²) in [4.78, 5) is 24.8. The van der Waals surface area contributed by atoms with Crippen molar-refractivity contribution >= 4 is 12.0 Å². The van der Waals surface area contributed by atoms with Crippen LogP contribution in [0.25, 0.3) is 0 Å². The Morgan fingerprint density at radius 1 is 1.37 bits per heavy atom. The average Bonchev–Trinajstić information content (AvgIpc) is 2.37. The summed E-state index contributed by atoms with van der Waals surface area (Å²) >= 11 is 0. The van der Waals surface area contributed by atoms with E-state index in [-0.39, 0.29) is 12.5 Å². The molecular weight excluding hydrogens is 244 g/mol. The van der Waals surface area contributed by atoms with Crippen LogP contribution < -0.4 is 5.32 Å². The molecule has 0 aromatic heterocycles. The van der Waals surface area contributed by atoms with Gasteiger partial charge in [-0.3, -0.25) is 0 Å². The van der Waals surface area contributed by atoms with Crippen molar-refractivity contribution in [1.82, 2.24) is 10.2 Å². The highest BCUT2D eigenvalue weighted by atomic mass is 16.4. The first-order valence-electron chi connectivity index (χ1n) is 6.82. The van der Waals surface area contributed by atoms with Gasteiger partial charge in [0.15, 0.2) is 0 Å². The fourth-order valence-electron chi connectivity index (χ4n) is 3.16. The van der Waals surface area contributed by atoms with Crippen LogP contribution in [0, 0.1) is 24.2 Å². The van der Waals surface area contributed by atoms with Crippen LogP contribution in [0.1, 0.15) is 32.1 Å². The first-order valence-corrected chi connectivity index (χ1v) is 6.82.